The highest BCUT2D eigenvalue weighted by atomic mass is 31.2. The van der Waals surface area contributed by atoms with Gasteiger partial charge in [0.15, 0.2) is 5.66 Å². The molecule has 3 heteroatoms. The molecule has 0 saturated carbocycles. The molecule has 0 spiro atoms. The minimum atomic E-state index is -2.25. The SMILES string of the molecule is CC(C)CC(C(N)=O)[P+](c1ccccc1)(c1ccccc1)c1ccccc1. The molecule has 0 saturated heterocycles. The molecule has 0 aliphatic heterocycles. The average Bonchev–Trinajstić information content (AvgIpc) is 2.70. The predicted molar refractivity (Wildman–Crippen MR) is 118 cm³/mol. The Hall–Kier alpha value is -2.44. The molecule has 0 fully saturated rings. The zero-order valence-corrected chi connectivity index (χ0v) is 16.8. The standard InChI is InChI=1S/C24H26NOP/c1-19(2)18-23(24(25)26)27(20-12-6-3-7-13-20,21-14-8-4-9-15-21)22-16-10-5-11-17-22/h3-17,19,23H,18H2,1-2H3,(H-,25,26)/p+1. The number of amides is 1. The zero-order chi connectivity index (χ0) is 19.3. The molecule has 0 aliphatic carbocycles. The summed E-state index contributed by atoms with van der Waals surface area (Å²) >= 11 is 0. The van der Waals surface area contributed by atoms with Crippen LogP contribution in [0.3, 0.4) is 0 Å². The van der Waals surface area contributed by atoms with E-state index in [-0.39, 0.29) is 11.6 Å². The van der Waals surface area contributed by atoms with E-state index in [9.17, 15) is 4.79 Å². The van der Waals surface area contributed by atoms with Crippen molar-refractivity contribution in [2.24, 2.45) is 11.7 Å². The van der Waals surface area contributed by atoms with Crippen molar-refractivity contribution < 1.29 is 4.79 Å². The van der Waals surface area contributed by atoms with E-state index in [0.29, 0.717) is 5.92 Å². The third-order valence-corrected chi connectivity index (χ3v) is 9.72. The lowest BCUT2D eigenvalue weighted by Gasteiger charge is -2.34. The largest absolute Gasteiger partial charge is 0.366 e. The van der Waals surface area contributed by atoms with Crippen LogP contribution in [0.1, 0.15) is 20.3 Å². The predicted octanol–water partition coefficient (Wildman–Crippen LogP) is 3.88. The van der Waals surface area contributed by atoms with Crippen molar-refractivity contribution in [3.8, 4) is 0 Å². The summed E-state index contributed by atoms with van der Waals surface area (Å²) in [6.07, 6.45) is 0.766. The number of carbonyl (C=O) groups is 1. The fourth-order valence-corrected chi connectivity index (χ4v) is 8.91. The number of carbonyl (C=O) groups excluding carboxylic acids is 1. The van der Waals surface area contributed by atoms with Crippen molar-refractivity contribution in [1.29, 1.82) is 0 Å². The molecular weight excluding hydrogens is 349 g/mol. The van der Waals surface area contributed by atoms with E-state index in [1.54, 1.807) is 0 Å². The van der Waals surface area contributed by atoms with Crippen LogP contribution in [0.2, 0.25) is 0 Å². The summed E-state index contributed by atoms with van der Waals surface area (Å²) < 4.78 is 0. The summed E-state index contributed by atoms with van der Waals surface area (Å²) in [5, 5.41) is 3.60. The quantitative estimate of drug-likeness (QED) is 0.625. The number of primary amides is 1. The molecule has 3 aromatic carbocycles. The lowest BCUT2D eigenvalue weighted by Crippen LogP contribution is -2.45. The van der Waals surface area contributed by atoms with Crippen molar-refractivity contribution in [2.45, 2.75) is 25.9 Å². The molecule has 0 radical (unpaired) electrons. The Morgan fingerprint density at radius 3 is 1.33 bits per heavy atom. The van der Waals surface area contributed by atoms with Crippen LogP contribution in [0.15, 0.2) is 91.0 Å². The van der Waals surface area contributed by atoms with Gasteiger partial charge < -0.3 is 5.73 Å². The first-order chi connectivity index (χ1) is 13.1. The first-order valence-electron chi connectivity index (χ1n) is 9.41. The van der Waals surface area contributed by atoms with E-state index in [0.717, 1.165) is 6.42 Å². The van der Waals surface area contributed by atoms with Crippen LogP contribution in [-0.2, 0) is 4.79 Å². The number of hydrogen-bond acceptors (Lipinski definition) is 1. The van der Waals surface area contributed by atoms with Gasteiger partial charge in [-0.3, -0.25) is 4.79 Å². The summed E-state index contributed by atoms with van der Waals surface area (Å²) in [6, 6.07) is 31.4. The second kappa shape index (κ2) is 8.50. The van der Waals surface area contributed by atoms with Crippen molar-refractivity contribution in [3.63, 3.8) is 0 Å². The Labute approximate surface area is 162 Å². The van der Waals surface area contributed by atoms with Gasteiger partial charge in [-0.15, -0.1) is 0 Å². The fraction of sp³-hybridized carbons (Fsp3) is 0.208. The Balaban J connectivity index is 2.40. The van der Waals surface area contributed by atoms with Crippen LogP contribution >= 0.6 is 7.26 Å². The van der Waals surface area contributed by atoms with Gasteiger partial charge in [0.2, 0.25) is 0 Å². The van der Waals surface area contributed by atoms with Crippen molar-refractivity contribution in [1.82, 2.24) is 0 Å². The van der Waals surface area contributed by atoms with Crippen LogP contribution in [-0.4, -0.2) is 11.6 Å². The van der Waals surface area contributed by atoms with Crippen molar-refractivity contribution >= 4 is 29.1 Å². The lowest BCUT2D eigenvalue weighted by atomic mass is 10.1. The minimum Gasteiger partial charge on any atom is -0.366 e. The molecule has 0 aromatic heterocycles. The molecule has 1 amide bonds. The summed E-state index contributed by atoms with van der Waals surface area (Å²) in [7, 11) is -2.25. The van der Waals surface area contributed by atoms with Gasteiger partial charge in [0.1, 0.15) is 23.2 Å². The minimum absolute atomic E-state index is 0.214. The Bertz CT molecular complexity index is 766. The van der Waals surface area contributed by atoms with Crippen LogP contribution in [0, 0.1) is 5.92 Å². The third-order valence-electron chi connectivity index (χ3n) is 4.98. The maximum Gasteiger partial charge on any atom is 0.259 e. The summed E-state index contributed by atoms with van der Waals surface area (Å²) in [5.74, 6) is 0.159. The summed E-state index contributed by atoms with van der Waals surface area (Å²) in [5.41, 5.74) is 5.83. The van der Waals surface area contributed by atoms with E-state index >= 15 is 0 Å². The monoisotopic (exact) mass is 376 g/mol. The molecule has 2 N–H and O–H groups in total. The highest BCUT2D eigenvalue weighted by molar-refractivity contribution is 7.96. The molecular formula is C24H27NOP+. The van der Waals surface area contributed by atoms with E-state index < -0.39 is 7.26 Å². The summed E-state index contributed by atoms with van der Waals surface area (Å²) in [4.78, 5) is 12.9. The van der Waals surface area contributed by atoms with Crippen LogP contribution < -0.4 is 21.6 Å². The van der Waals surface area contributed by atoms with Crippen molar-refractivity contribution in [3.05, 3.63) is 91.0 Å². The Kier molecular flexibility index (Phi) is 6.08. The Morgan fingerprint density at radius 1 is 0.741 bits per heavy atom. The molecule has 0 aliphatic rings. The van der Waals surface area contributed by atoms with Crippen LogP contribution in [0.4, 0.5) is 0 Å². The van der Waals surface area contributed by atoms with Gasteiger partial charge in [-0.2, -0.15) is 0 Å². The van der Waals surface area contributed by atoms with Gasteiger partial charge in [0, 0.05) is 0 Å². The molecule has 0 heterocycles. The van der Waals surface area contributed by atoms with Gasteiger partial charge in [-0.05, 0) is 48.7 Å². The molecule has 3 aromatic rings. The van der Waals surface area contributed by atoms with Gasteiger partial charge in [0.25, 0.3) is 5.91 Å². The molecule has 0 bridgehead atoms. The van der Waals surface area contributed by atoms with Gasteiger partial charge >= 0.3 is 0 Å². The van der Waals surface area contributed by atoms with Gasteiger partial charge in [-0.1, -0.05) is 68.4 Å². The zero-order valence-electron chi connectivity index (χ0n) is 16.0. The number of nitrogens with two attached hydrogens (primary N) is 1. The normalized spacial score (nSPS) is 12.7. The number of hydrogen-bond donors (Lipinski definition) is 1. The molecule has 27 heavy (non-hydrogen) atoms. The Morgan fingerprint density at radius 2 is 1.07 bits per heavy atom. The van der Waals surface area contributed by atoms with Gasteiger partial charge in [-0.25, -0.2) is 0 Å². The average molecular weight is 376 g/mol. The second-order valence-electron chi connectivity index (χ2n) is 7.28. The lowest BCUT2D eigenvalue weighted by molar-refractivity contribution is -0.117. The molecule has 138 valence electrons. The smallest absolute Gasteiger partial charge is 0.259 e. The number of rotatable bonds is 7. The molecule has 3 rings (SSSR count). The molecule has 1 unspecified atom stereocenters. The highest BCUT2D eigenvalue weighted by Crippen LogP contribution is 2.61. The topological polar surface area (TPSA) is 43.1 Å². The maximum absolute atomic E-state index is 12.9. The maximum atomic E-state index is 12.9. The molecule has 1 atom stereocenters. The molecule has 2 nitrogen and oxygen atoms in total. The van der Waals surface area contributed by atoms with E-state index in [1.165, 1.54) is 15.9 Å². The fourth-order valence-electron chi connectivity index (χ4n) is 3.89. The second-order valence-corrected chi connectivity index (χ2v) is 10.9. The van der Waals surface area contributed by atoms with Crippen molar-refractivity contribution in [2.75, 3.05) is 0 Å². The first-order valence-corrected chi connectivity index (χ1v) is 11.3. The first kappa shape index (κ1) is 19.3. The van der Waals surface area contributed by atoms with Crippen LogP contribution in [0.25, 0.3) is 0 Å². The van der Waals surface area contributed by atoms with Gasteiger partial charge in [0.05, 0.1) is 0 Å². The van der Waals surface area contributed by atoms with E-state index in [1.807, 2.05) is 18.2 Å². The van der Waals surface area contributed by atoms with E-state index in [2.05, 4.69) is 86.6 Å². The third kappa shape index (κ3) is 3.82. The summed E-state index contributed by atoms with van der Waals surface area (Å²) in [6.45, 7) is 4.32. The van der Waals surface area contributed by atoms with E-state index in [4.69, 9.17) is 5.73 Å². The number of benzene rings is 3. The highest BCUT2D eigenvalue weighted by Gasteiger charge is 2.54. The van der Waals surface area contributed by atoms with Crippen LogP contribution in [0.5, 0.6) is 0 Å².